The molecule has 0 aromatic carbocycles. The van der Waals surface area contributed by atoms with E-state index >= 15 is 0 Å². The van der Waals surface area contributed by atoms with Crippen LogP contribution in [0.1, 0.15) is 72.6 Å². The molecular formula is C15H29NO2. The summed E-state index contributed by atoms with van der Waals surface area (Å²) in [5.41, 5.74) is 0. The minimum atomic E-state index is 0.140. The van der Waals surface area contributed by atoms with Crippen molar-refractivity contribution in [3.8, 4) is 0 Å². The van der Waals surface area contributed by atoms with Gasteiger partial charge in [-0.05, 0) is 32.6 Å². The molecule has 0 radical (unpaired) electrons. The van der Waals surface area contributed by atoms with E-state index in [1.807, 2.05) is 13.8 Å². The van der Waals surface area contributed by atoms with Gasteiger partial charge in [0.2, 0.25) is 5.91 Å². The molecule has 3 nitrogen and oxygen atoms in total. The Kier molecular flexibility index (Phi) is 9.62. The Morgan fingerprint density at radius 3 is 1.94 bits per heavy atom. The van der Waals surface area contributed by atoms with Crippen LogP contribution in [0.2, 0.25) is 0 Å². The molecule has 1 N–H and O–H groups in total. The summed E-state index contributed by atoms with van der Waals surface area (Å²) in [6, 6.07) is 0.228. The Bertz CT molecular complexity index is 221. The first-order valence-electron chi connectivity index (χ1n) is 7.23. The highest BCUT2D eigenvalue weighted by molar-refractivity contribution is 5.78. The summed E-state index contributed by atoms with van der Waals surface area (Å²) < 4.78 is 0. The number of carbonyl (C=O) groups excluding carboxylic acids is 2. The number of hydrogen-bond acceptors (Lipinski definition) is 2. The number of unbranched alkanes of at least 4 members (excludes halogenated alkanes) is 3. The molecule has 0 atom stereocenters. The molecule has 0 heterocycles. The molecule has 0 aliphatic rings. The van der Waals surface area contributed by atoms with Crippen molar-refractivity contribution < 1.29 is 9.59 Å². The third-order valence-electron chi connectivity index (χ3n) is 2.70. The van der Waals surface area contributed by atoms with Gasteiger partial charge in [-0.2, -0.15) is 0 Å². The lowest BCUT2D eigenvalue weighted by molar-refractivity contribution is -0.122. The fraction of sp³-hybridized carbons (Fsp3) is 0.867. The normalized spacial score (nSPS) is 11.0. The standard InChI is InChI=1S/C15H29NO2/c1-12(2)11-14(17)9-7-5-6-8-10-15(18)16-13(3)4/h12-13H,5-11H2,1-4H3,(H,16,18). The second-order valence-electron chi connectivity index (χ2n) is 5.77. The Hall–Kier alpha value is -0.860. The van der Waals surface area contributed by atoms with Crippen molar-refractivity contribution in [2.45, 2.75) is 78.7 Å². The van der Waals surface area contributed by atoms with Crippen LogP contribution in [0.4, 0.5) is 0 Å². The van der Waals surface area contributed by atoms with Gasteiger partial charge in [0.25, 0.3) is 0 Å². The fourth-order valence-corrected chi connectivity index (χ4v) is 1.91. The third kappa shape index (κ3) is 11.6. The highest BCUT2D eigenvalue weighted by Gasteiger charge is 2.05. The maximum absolute atomic E-state index is 11.5. The van der Waals surface area contributed by atoms with Crippen LogP contribution in [0.5, 0.6) is 0 Å². The predicted octanol–water partition coefficient (Wildman–Crippen LogP) is 3.47. The van der Waals surface area contributed by atoms with Crippen molar-refractivity contribution in [1.82, 2.24) is 5.32 Å². The molecule has 18 heavy (non-hydrogen) atoms. The largest absolute Gasteiger partial charge is 0.354 e. The zero-order valence-electron chi connectivity index (χ0n) is 12.4. The van der Waals surface area contributed by atoms with Crippen molar-refractivity contribution >= 4 is 11.7 Å². The zero-order chi connectivity index (χ0) is 14.0. The van der Waals surface area contributed by atoms with Gasteiger partial charge in [0.05, 0.1) is 0 Å². The van der Waals surface area contributed by atoms with Crippen LogP contribution in [-0.2, 0) is 9.59 Å². The number of carbonyl (C=O) groups is 2. The molecule has 0 unspecified atom stereocenters. The summed E-state index contributed by atoms with van der Waals surface area (Å²) in [6.45, 7) is 8.09. The quantitative estimate of drug-likeness (QED) is 0.608. The molecule has 0 spiro atoms. The number of nitrogens with one attached hydrogen (secondary N) is 1. The van der Waals surface area contributed by atoms with Crippen molar-refractivity contribution in [3.05, 3.63) is 0 Å². The number of amides is 1. The number of rotatable bonds is 10. The lowest BCUT2D eigenvalue weighted by atomic mass is 10.0. The van der Waals surface area contributed by atoms with Crippen LogP contribution in [0.25, 0.3) is 0 Å². The second-order valence-corrected chi connectivity index (χ2v) is 5.77. The van der Waals surface area contributed by atoms with E-state index < -0.39 is 0 Å². The molecule has 0 saturated carbocycles. The van der Waals surface area contributed by atoms with Gasteiger partial charge in [-0.15, -0.1) is 0 Å². The summed E-state index contributed by atoms with van der Waals surface area (Å²) in [5, 5.41) is 2.88. The van der Waals surface area contributed by atoms with Gasteiger partial charge < -0.3 is 5.32 Å². The molecule has 0 bridgehead atoms. The van der Waals surface area contributed by atoms with Crippen LogP contribution in [-0.4, -0.2) is 17.7 Å². The maximum Gasteiger partial charge on any atom is 0.220 e. The molecule has 0 aromatic rings. The van der Waals surface area contributed by atoms with Crippen molar-refractivity contribution in [3.63, 3.8) is 0 Å². The predicted molar refractivity (Wildman–Crippen MR) is 75.4 cm³/mol. The van der Waals surface area contributed by atoms with Crippen LogP contribution >= 0.6 is 0 Å². The third-order valence-corrected chi connectivity index (χ3v) is 2.70. The summed E-state index contributed by atoms with van der Waals surface area (Å²) in [6.07, 6.45) is 6.01. The summed E-state index contributed by atoms with van der Waals surface area (Å²) in [4.78, 5) is 22.8. The minimum absolute atomic E-state index is 0.140. The SMILES string of the molecule is CC(C)CC(=O)CCCCCCC(=O)NC(C)C. The Morgan fingerprint density at radius 1 is 0.889 bits per heavy atom. The number of hydrogen-bond donors (Lipinski definition) is 1. The monoisotopic (exact) mass is 255 g/mol. The highest BCUT2D eigenvalue weighted by atomic mass is 16.1. The van der Waals surface area contributed by atoms with Crippen LogP contribution in [0, 0.1) is 5.92 Å². The van der Waals surface area contributed by atoms with E-state index in [9.17, 15) is 9.59 Å². The maximum atomic E-state index is 11.5. The van der Waals surface area contributed by atoms with E-state index in [0.29, 0.717) is 31.0 Å². The topological polar surface area (TPSA) is 46.2 Å². The molecule has 0 aromatic heterocycles. The van der Waals surface area contributed by atoms with E-state index in [2.05, 4.69) is 19.2 Å². The molecule has 1 amide bonds. The van der Waals surface area contributed by atoms with Crippen LogP contribution in [0.3, 0.4) is 0 Å². The molecule has 106 valence electrons. The van der Waals surface area contributed by atoms with E-state index in [-0.39, 0.29) is 11.9 Å². The fourth-order valence-electron chi connectivity index (χ4n) is 1.91. The van der Waals surface area contributed by atoms with E-state index in [4.69, 9.17) is 0 Å². The first-order valence-corrected chi connectivity index (χ1v) is 7.23. The van der Waals surface area contributed by atoms with Gasteiger partial charge in [-0.25, -0.2) is 0 Å². The zero-order valence-corrected chi connectivity index (χ0v) is 12.4. The average molecular weight is 255 g/mol. The Labute approximate surface area is 112 Å². The van der Waals surface area contributed by atoms with Gasteiger partial charge >= 0.3 is 0 Å². The van der Waals surface area contributed by atoms with Gasteiger partial charge in [-0.1, -0.05) is 26.7 Å². The lowest BCUT2D eigenvalue weighted by Crippen LogP contribution is -2.29. The van der Waals surface area contributed by atoms with E-state index in [0.717, 1.165) is 25.7 Å². The van der Waals surface area contributed by atoms with Crippen LogP contribution in [0.15, 0.2) is 0 Å². The van der Waals surface area contributed by atoms with Crippen molar-refractivity contribution in [2.24, 2.45) is 5.92 Å². The van der Waals surface area contributed by atoms with Crippen LogP contribution < -0.4 is 5.32 Å². The highest BCUT2D eigenvalue weighted by Crippen LogP contribution is 2.09. The van der Waals surface area contributed by atoms with Gasteiger partial charge in [0, 0.05) is 25.3 Å². The average Bonchev–Trinajstić information content (AvgIpc) is 2.20. The summed E-state index contributed by atoms with van der Waals surface area (Å²) in [5.74, 6) is 0.987. The number of ketones is 1. The first kappa shape index (κ1) is 17.1. The number of Topliss-reactive ketones (excluding diaryl/α,β-unsaturated/α-hetero) is 1. The Morgan fingerprint density at radius 2 is 1.44 bits per heavy atom. The van der Waals surface area contributed by atoms with Crippen molar-refractivity contribution in [1.29, 1.82) is 0 Å². The molecule has 3 heteroatoms. The molecule has 0 aliphatic heterocycles. The molecule has 0 fully saturated rings. The first-order chi connectivity index (χ1) is 8.41. The van der Waals surface area contributed by atoms with Crippen molar-refractivity contribution in [2.75, 3.05) is 0 Å². The van der Waals surface area contributed by atoms with Gasteiger partial charge in [0.15, 0.2) is 0 Å². The molecule has 0 saturated heterocycles. The molecule has 0 rings (SSSR count). The van der Waals surface area contributed by atoms with E-state index in [1.54, 1.807) is 0 Å². The smallest absolute Gasteiger partial charge is 0.220 e. The molecule has 0 aliphatic carbocycles. The lowest BCUT2D eigenvalue weighted by Gasteiger charge is -2.07. The van der Waals surface area contributed by atoms with E-state index in [1.165, 1.54) is 0 Å². The summed E-state index contributed by atoms with van der Waals surface area (Å²) >= 11 is 0. The van der Waals surface area contributed by atoms with Gasteiger partial charge in [-0.3, -0.25) is 9.59 Å². The summed E-state index contributed by atoms with van der Waals surface area (Å²) in [7, 11) is 0. The van der Waals surface area contributed by atoms with Gasteiger partial charge in [0.1, 0.15) is 5.78 Å². The minimum Gasteiger partial charge on any atom is -0.354 e. The molecular weight excluding hydrogens is 226 g/mol. The second kappa shape index (κ2) is 10.1. The Balaban J connectivity index is 3.36.